The maximum absolute atomic E-state index is 12.2. The van der Waals surface area contributed by atoms with Gasteiger partial charge in [-0.2, -0.15) is 0 Å². The predicted octanol–water partition coefficient (Wildman–Crippen LogP) is -1.48. The molecule has 13 heteroatoms. The average molecular weight is 611 g/mol. The molecule has 0 aromatic carbocycles. The number of rotatable bonds is 14. The van der Waals surface area contributed by atoms with Crippen molar-refractivity contribution in [1.82, 2.24) is 10.2 Å². The van der Waals surface area contributed by atoms with Gasteiger partial charge in [0.15, 0.2) is 0 Å². The SMILES string of the molecule is CCC(O)[CH2][Ac][CH2]CNC(=O)C(CS(=O)(=O)O)N(CC(=O)O)CC(=O)O. The number of carbonyl (C=O) groups is 3. The van der Waals surface area contributed by atoms with E-state index >= 15 is 0 Å². The normalized spacial score (nSPS) is 13.7. The van der Waals surface area contributed by atoms with Gasteiger partial charge in [0, 0.05) is 0 Å². The molecular formula is C13H24AcN2O9S. The summed E-state index contributed by atoms with van der Waals surface area (Å²) in [5.41, 5.74) is 0. The average Bonchev–Trinajstić information content (AvgIpc) is 2.49. The summed E-state index contributed by atoms with van der Waals surface area (Å²) in [6, 6.07) is -1.64. The van der Waals surface area contributed by atoms with Crippen molar-refractivity contribution in [2.24, 2.45) is 0 Å². The van der Waals surface area contributed by atoms with Gasteiger partial charge in [-0.3, -0.25) is 0 Å². The van der Waals surface area contributed by atoms with E-state index in [4.69, 9.17) is 14.8 Å². The molecule has 2 atom stereocenters. The summed E-state index contributed by atoms with van der Waals surface area (Å²) in [5.74, 6) is -4.86. The molecular weight excluding hydrogens is 587 g/mol. The van der Waals surface area contributed by atoms with Crippen LogP contribution < -0.4 is 5.32 Å². The number of nitrogens with one attached hydrogen (secondary N) is 1. The summed E-state index contributed by atoms with van der Waals surface area (Å²) >= 11 is -1.36. The van der Waals surface area contributed by atoms with E-state index in [0.717, 1.165) is 1.60 Å². The number of aliphatic hydroxyl groups excluding tert-OH is 1. The molecule has 5 N–H and O–H groups in total. The molecule has 0 aromatic rings. The summed E-state index contributed by atoms with van der Waals surface area (Å²) in [4.78, 5) is 34.7. The van der Waals surface area contributed by atoms with Crippen LogP contribution in [0.25, 0.3) is 0 Å². The molecule has 1 amide bonds. The Morgan fingerprint density at radius 2 is 1.69 bits per heavy atom. The van der Waals surface area contributed by atoms with E-state index < -0.39 is 92.5 Å². The van der Waals surface area contributed by atoms with Crippen LogP contribution in [0, 0.1) is 39.7 Å². The second-order valence-corrected chi connectivity index (χ2v) is 13.8. The first kappa shape index (κ1) is 25.7. The molecule has 26 heavy (non-hydrogen) atoms. The van der Waals surface area contributed by atoms with Gasteiger partial charge in [0.1, 0.15) is 0 Å². The Labute approximate surface area is 173 Å². The number of carbonyl (C=O) groups excluding carboxylic acids is 1. The quantitative estimate of drug-likeness (QED) is 0.115. The van der Waals surface area contributed by atoms with Crippen LogP contribution in [0.2, 0.25) is 3.20 Å². The van der Waals surface area contributed by atoms with Crippen molar-refractivity contribution in [3.05, 3.63) is 0 Å². The summed E-state index contributed by atoms with van der Waals surface area (Å²) in [6.07, 6.45) is 0.307. The molecule has 149 valence electrons. The van der Waals surface area contributed by atoms with Crippen LogP contribution in [0.4, 0.5) is 0 Å². The summed E-state index contributed by atoms with van der Waals surface area (Å²) in [5, 5.41) is 29.6. The van der Waals surface area contributed by atoms with Gasteiger partial charge in [0.05, 0.1) is 0 Å². The van der Waals surface area contributed by atoms with Crippen LogP contribution in [0.1, 0.15) is 13.3 Å². The molecule has 0 bridgehead atoms. The topological polar surface area (TPSA) is 182 Å². The van der Waals surface area contributed by atoms with E-state index in [9.17, 15) is 27.9 Å². The summed E-state index contributed by atoms with van der Waals surface area (Å²) in [6.45, 7) is 0.343. The van der Waals surface area contributed by atoms with Crippen molar-refractivity contribution in [2.45, 2.75) is 28.7 Å². The van der Waals surface area contributed by atoms with Gasteiger partial charge in [-0.05, 0) is 0 Å². The maximum atomic E-state index is 12.2. The Kier molecular flexibility index (Phi) is 12.8. The van der Waals surface area contributed by atoms with Gasteiger partial charge < -0.3 is 0 Å². The molecule has 0 aliphatic heterocycles. The third kappa shape index (κ3) is 12.9. The second kappa shape index (κ2) is 13.0. The van der Waals surface area contributed by atoms with Crippen molar-refractivity contribution in [1.29, 1.82) is 0 Å². The number of hydrogen-bond donors (Lipinski definition) is 5. The van der Waals surface area contributed by atoms with Crippen LogP contribution in [0.15, 0.2) is 0 Å². The number of aliphatic hydroxyl groups is 1. The fraction of sp³-hybridized carbons (Fsp3) is 0.769. The Bertz CT molecular complexity index is 568. The summed E-state index contributed by atoms with van der Waals surface area (Å²) in [7, 11) is -4.64. The molecule has 2 unspecified atom stereocenters. The van der Waals surface area contributed by atoms with E-state index in [-0.39, 0.29) is 12.6 Å². The molecule has 0 rings (SSSR count). The second-order valence-electron chi connectivity index (χ2n) is 5.62. The number of nitrogens with zero attached hydrogens (tertiary/aromatic N) is 1. The summed E-state index contributed by atoms with van der Waals surface area (Å²) < 4.78 is 32.7. The van der Waals surface area contributed by atoms with Gasteiger partial charge >= 0.3 is 175 Å². The number of aliphatic carboxylic acids is 2. The fourth-order valence-electron chi connectivity index (χ4n) is 2.06. The molecule has 0 spiro atoms. The third-order valence-corrected chi connectivity index (χ3v) is 10.6. The van der Waals surface area contributed by atoms with Gasteiger partial charge in [-0.25, -0.2) is 0 Å². The molecule has 0 fully saturated rings. The van der Waals surface area contributed by atoms with E-state index in [2.05, 4.69) is 5.32 Å². The molecule has 11 nitrogen and oxygen atoms in total. The van der Waals surface area contributed by atoms with Crippen molar-refractivity contribution < 1.29 is 82.4 Å². The zero-order valence-corrected chi connectivity index (χ0v) is 19.9. The molecule has 0 saturated carbocycles. The van der Waals surface area contributed by atoms with Crippen molar-refractivity contribution in [3.8, 4) is 0 Å². The Morgan fingerprint density at radius 3 is 2.12 bits per heavy atom. The van der Waals surface area contributed by atoms with E-state index in [1.165, 1.54) is 0 Å². The van der Waals surface area contributed by atoms with Crippen molar-refractivity contribution >= 4 is 28.0 Å². The van der Waals surface area contributed by atoms with Crippen molar-refractivity contribution in [3.63, 3.8) is 0 Å². The predicted molar refractivity (Wildman–Crippen MR) is 86.0 cm³/mol. The zero-order valence-electron chi connectivity index (χ0n) is 14.4. The van der Waals surface area contributed by atoms with Crippen LogP contribution in [-0.4, -0.2) is 88.6 Å². The molecule has 0 aromatic heterocycles. The monoisotopic (exact) mass is 611 g/mol. The molecule has 0 heterocycles. The van der Waals surface area contributed by atoms with Gasteiger partial charge in [-0.15, -0.1) is 0 Å². The first-order chi connectivity index (χ1) is 12.0. The Hall–Kier alpha value is -0.318. The number of carboxylic acid groups (broad SMARTS) is 2. The molecule has 0 aliphatic carbocycles. The van der Waals surface area contributed by atoms with Crippen LogP contribution in [-0.2, 0) is 24.5 Å². The first-order valence-corrected chi connectivity index (χ1v) is 16.2. The first-order valence-electron chi connectivity index (χ1n) is 7.86. The van der Waals surface area contributed by atoms with Gasteiger partial charge in [0.2, 0.25) is 0 Å². The zero-order chi connectivity index (χ0) is 20.3. The number of amides is 1. The standard InChI is InChI=1S/C9H15N2O8S.C4H9O.Ac/c1-2-10-9(16)6(5-20(17,18)19)11(3-7(12)13)4-8(14)15;1-3-4(2)5;/h6H,1-5H2,(H,10,16)(H,12,13)(H,14,15)(H,17,18,19);4-5H,2-3H2,1H3;. The molecule has 0 radical (unpaired) electrons. The van der Waals surface area contributed by atoms with Crippen molar-refractivity contribution in [2.75, 3.05) is 25.4 Å². The minimum absolute atomic E-state index is 0.228. The number of carboxylic acids is 2. The fourth-order valence-corrected chi connectivity index (χ4v) is 8.18. The molecule has 0 saturated heterocycles. The van der Waals surface area contributed by atoms with Crippen LogP contribution in [0.5, 0.6) is 0 Å². The van der Waals surface area contributed by atoms with E-state index in [1.54, 1.807) is 0 Å². The van der Waals surface area contributed by atoms with E-state index in [1.807, 2.05) is 6.92 Å². The minimum atomic E-state index is -4.64. The third-order valence-electron chi connectivity index (χ3n) is 3.35. The Balaban J connectivity index is 4.94. The van der Waals surface area contributed by atoms with E-state index in [0.29, 0.717) is 12.9 Å². The van der Waals surface area contributed by atoms with Crippen LogP contribution in [0.3, 0.4) is 0 Å². The number of hydrogen-bond acceptors (Lipinski definition) is 7. The van der Waals surface area contributed by atoms with Crippen LogP contribution >= 0.6 is 0 Å². The van der Waals surface area contributed by atoms with Gasteiger partial charge in [0.25, 0.3) is 0 Å². The van der Waals surface area contributed by atoms with Gasteiger partial charge in [-0.1, -0.05) is 0 Å². The Morgan fingerprint density at radius 1 is 1.15 bits per heavy atom. The molecule has 0 aliphatic rings.